The lowest BCUT2D eigenvalue weighted by Gasteiger charge is -2.13. The average molecular weight is 208 g/mol. The van der Waals surface area contributed by atoms with Crippen LogP contribution in [-0.4, -0.2) is 26.3 Å². The van der Waals surface area contributed by atoms with Crippen molar-refractivity contribution in [2.75, 3.05) is 26.0 Å². The first-order valence-corrected chi connectivity index (χ1v) is 5.29. The third-order valence-corrected chi connectivity index (χ3v) is 2.32. The lowest BCUT2D eigenvalue weighted by Crippen LogP contribution is -2.30. The van der Waals surface area contributed by atoms with Gasteiger partial charge in [0.05, 0.1) is 6.61 Å². The Kier molecular flexibility index (Phi) is 5.15. The second kappa shape index (κ2) is 6.43. The molecule has 0 saturated carbocycles. The van der Waals surface area contributed by atoms with Crippen molar-refractivity contribution in [2.24, 2.45) is 0 Å². The molecule has 0 bridgehead atoms. The summed E-state index contributed by atoms with van der Waals surface area (Å²) in [4.78, 5) is 0. The lowest BCUT2D eigenvalue weighted by atomic mass is 10.1. The van der Waals surface area contributed by atoms with Crippen LogP contribution in [0.3, 0.4) is 0 Å². The predicted molar refractivity (Wildman–Crippen MR) is 63.9 cm³/mol. The molecular weight excluding hydrogens is 188 g/mol. The number of nitrogen functional groups attached to an aromatic ring is 1. The van der Waals surface area contributed by atoms with Crippen molar-refractivity contribution in [1.82, 2.24) is 5.32 Å². The summed E-state index contributed by atoms with van der Waals surface area (Å²) in [5, 5.41) is 3.39. The lowest BCUT2D eigenvalue weighted by molar-refractivity contribution is 0.196. The van der Waals surface area contributed by atoms with Gasteiger partial charge in [0.15, 0.2) is 0 Å². The molecule has 0 spiro atoms. The molecule has 84 valence electrons. The smallest absolute Gasteiger partial charge is 0.0587 e. The summed E-state index contributed by atoms with van der Waals surface area (Å²) in [6.45, 7) is 3.82. The molecule has 0 aliphatic heterocycles. The largest absolute Gasteiger partial charge is 0.399 e. The van der Waals surface area contributed by atoms with E-state index in [9.17, 15) is 0 Å². The second-order valence-corrected chi connectivity index (χ2v) is 3.79. The van der Waals surface area contributed by atoms with Gasteiger partial charge in [-0.2, -0.15) is 0 Å². The Morgan fingerprint density at radius 3 is 2.60 bits per heavy atom. The van der Waals surface area contributed by atoms with Gasteiger partial charge in [0.1, 0.15) is 0 Å². The molecule has 0 saturated heterocycles. The Morgan fingerprint density at radius 2 is 2.00 bits per heavy atom. The van der Waals surface area contributed by atoms with Gasteiger partial charge in [0.25, 0.3) is 0 Å². The van der Waals surface area contributed by atoms with Crippen LogP contribution in [0.25, 0.3) is 0 Å². The molecular formula is C12H20N2O. The van der Waals surface area contributed by atoms with Gasteiger partial charge in [-0.05, 0) is 31.0 Å². The summed E-state index contributed by atoms with van der Waals surface area (Å²) in [5.41, 5.74) is 7.75. The zero-order valence-corrected chi connectivity index (χ0v) is 9.49. The first kappa shape index (κ1) is 12.0. The summed E-state index contributed by atoms with van der Waals surface area (Å²) < 4.78 is 4.98. The number of hydrogen-bond acceptors (Lipinski definition) is 3. The Balaban J connectivity index is 2.31. The van der Waals surface area contributed by atoms with E-state index >= 15 is 0 Å². The summed E-state index contributed by atoms with van der Waals surface area (Å²) in [6, 6.07) is 8.49. The van der Waals surface area contributed by atoms with Crippen LogP contribution in [0.2, 0.25) is 0 Å². The molecule has 1 aromatic carbocycles. The maximum absolute atomic E-state index is 5.62. The molecule has 3 heteroatoms. The van der Waals surface area contributed by atoms with E-state index < -0.39 is 0 Å². The number of benzene rings is 1. The molecule has 0 aromatic heterocycles. The van der Waals surface area contributed by atoms with E-state index in [0.717, 1.165) is 25.3 Å². The van der Waals surface area contributed by atoms with E-state index in [1.807, 2.05) is 12.1 Å². The first-order valence-electron chi connectivity index (χ1n) is 5.29. The van der Waals surface area contributed by atoms with Crippen LogP contribution in [-0.2, 0) is 11.2 Å². The van der Waals surface area contributed by atoms with Crippen molar-refractivity contribution in [3.05, 3.63) is 29.8 Å². The van der Waals surface area contributed by atoms with Crippen LogP contribution in [0, 0.1) is 0 Å². The third kappa shape index (κ3) is 4.81. The molecule has 3 N–H and O–H groups in total. The Hall–Kier alpha value is -1.06. The molecule has 1 rings (SSSR count). The molecule has 0 heterocycles. The SMILES string of the molecule is COCCNC(C)Cc1ccc(N)cc1. The van der Waals surface area contributed by atoms with Crippen LogP contribution in [0.4, 0.5) is 5.69 Å². The normalized spacial score (nSPS) is 12.7. The van der Waals surface area contributed by atoms with Gasteiger partial charge >= 0.3 is 0 Å². The fraction of sp³-hybridized carbons (Fsp3) is 0.500. The van der Waals surface area contributed by atoms with E-state index in [1.165, 1.54) is 5.56 Å². The number of ether oxygens (including phenoxy) is 1. The monoisotopic (exact) mass is 208 g/mol. The molecule has 1 unspecified atom stereocenters. The molecule has 0 amide bonds. The zero-order valence-electron chi connectivity index (χ0n) is 9.49. The minimum Gasteiger partial charge on any atom is -0.399 e. The van der Waals surface area contributed by atoms with Gasteiger partial charge in [0, 0.05) is 25.4 Å². The molecule has 0 aliphatic carbocycles. The predicted octanol–water partition coefficient (Wildman–Crippen LogP) is 1.44. The minimum absolute atomic E-state index is 0.462. The quantitative estimate of drug-likeness (QED) is 0.549. The molecule has 1 atom stereocenters. The fourth-order valence-electron chi connectivity index (χ4n) is 1.49. The highest BCUT2D eigenvalue weighted by Gasteiger charge is 2.01. The van der Waals surface area contributed by atoms with Crippen LogP contribution in [0.1, 0.15) is 12.5 Å². The Morgan fingerprint density at radius 1 is 1.33 bits per heavy atom. The summed E-state index contributed by atoms with van der Waals surface area (Å²) in [7, 11) is 1.71. The summed E-state index contributed by atoms with van der Waals surface area (Å²) in [6.07, 6.45) is 1.02. The van der Waals surface area contributed by atoms with Gasteiger partial charge in [-0.3, -0.25) is 0 Å². The molecule has 0 aliphatic rings. The Labute approximate surface area is 91.6 Å². The zero-order chi connectivity index (χ0) is 11.1. The second-order valence-electron chi connectivity index (χ2n) is 3.79. The van der Waals surface area contributed by atoms with Crippen LogP contribution < -0.4 is 11.1 Å². The highest BCUT2D eigenvalue weighted by molar-refractivity contribution is 5.39. The van der Waals surface area contributed by atoms with E-state index in [4.69, 9.17) is 10.5 Å². The maximum atomic E-state index is 5.62. The van der Waals surface area contributed by atoms with Crippen molar-refractivity contribution in [3.8, 4) is 0 Å². The standard InChI is InChI=1S/C12H20N2O/c1-10(14-7-8-15-2)9-11-3-5-12(13)6-4-11/h3-6,10,14H,7-9,13H2,1-2H3. The van der Waals surface area contributed by atoms with Crippen LogP contribution >= 0.6 is 0 Å². The highest BCUT2D eigenvalue weighted by atomic mass is 16.5. The number of anilines is 1. The van der Waals surface area contributed by atoms with Gasteiger partial charge in [-0.1, -0.05) is 12.1 Å². The number of methoxy groups -OCH3 is 1. The Bertz CT molecular complexity index is 271. The van der Waals surface area contributed by atoms with Crippen LogP contribution in [0.15, 0.2) is 24.3 Å². The number of nitrogens with two attached hydrogens (primary N) is 1. The number of rotatable bonds is 6. The number of nitrogens with one attached hydrogen (secondary N) is 1. The summed E-state index contributed by atoms with van der Waals surface area (Å²) >= 11 is 0. The van der Waals surface area contributed by atoms with E-state index in [-0.39, 0.29) is 0 Å². The molecule has 3 nitrogen and oxygen atoms in total. The maximum Gasteiger partial charge on any atom is 0.0587 e. The average Bonchev–Trinajstić information content (AvgIpc) is 2.22. The van der Waals surface area contributed by atoms with Gasteiger partial charge in [0.2, 0.25) is 0 Å². The van der Waals surface area contributed by atoms with E-state index in [1.54, 1.807) is 7.11 Å². The molecule has 1 aromatic rings. The first-order chi connectivity index (χ1) is 7.22. The van der Waals surface area contributed by atoms with Crippen molar-refractivity contribution in [2.45, 2.75) is 19.4 Å². The van der Waals surface area contributed by atoms with E-state index in [0.29, 0.717) is 6.04 Å². The van der Waals surface area contributed by atoms with Crippen molar-refractivity contribution in [3.63, 3.8) is 0 Å². The van der Waals surface area contributed by atoms with Crippen molar-refractivity contribution < 1.29 is 4.74 Å². The van der Waals surface area contributed by atoms with Crippen molar-refractivity contribution >= 4 is 5.69 Å². The summed E-state index contributed by atoms with van der Waals surface area (Å²) in [5.74, 6) is 0. The minimum atomic E-state index is 0.462. The van der Waals surface area contributed by atoms with Crippen molar-refractivity contribution in [1.29, 1.82) is 0 Å². The number of hydrogen-bond donors (Lipinski definition) is 2. The van der Waals surface area contributed by atoms with Gasteiger partial charge in [-0.25, -0.2) is 0 Å². The van der Waals surface area contributed by atoms with Gasteiger partial charge in [-0.15, -0.1) is 0 Å². The topological polar surface area (TPSA) is 47.3 Å². The fourth-order valence-corrected chi connectivity index (χ4v) is 1.49. The van der Waals surface area contributed by atoms with Gasteiger partial charge < -0.3 is 15.8 Å². The third-order valence-electron chi connectivity index (χ3n) is 2.32. The highest BCUT2D eigenvalue weighted by Crippen LogP contribution is 2.07. The molecule has 0 radical (unpaired) electrons. The van der Waals surface area contributed by atoms with Crippen LogP contribution in [0.5, 0.6) is 0 Å². The van der Waals surface area contributed by atoms with E-state index in [2.05, 4.69) is 24.4 Å². The molecule has 0 fully saturated rings. The molecule has 15 heavy (non-hydrogen) atoms.